The van der Waals surface area contributed by atoms with Crippen molar-refractivity contribution in [1.82, 2.24) is 19.3 Å². The molecule has 10 heteroatoms. The molecule has 1 unspecified atom stereocenters. The molecule has 0 aliphatic rings. The summed E-state index contributed by atoms with van der Waals surface area (Å²) >= 11 is 1.69. The van der Waals surface area contributed by atoms with Gasteiger partial charge in [0.15, 0.2) is 5.82 Å². The summed E-state index contributed by atoms with van der Waals surface area (Å²) in [6.07, 6.45) is 5.20. The lowest BCUT2D eigenvalue weighted by atomic mass is 10.2. The molecular weight excluding hydrogens is 364 g/mol. The lowest BCUT2D eigenvalue weighted by Crippen LogP contribution is -2.20. The van der Waals surface area contributed by atoms with Crippen molar-refractivity contribution in [2.75, 3.05) is 24.9 Å². The topological polar surface area (TPSA) is 111 Å². The molecular formula is C15H24N4O4S2. The molecule has 2 heterocycles. The van der Waals surface area contributed by atoms with Crippen molar-refractivity contribution in [2.45, 2.75) is 11.9 Å². The van der Waals surface area contributed by atoms with E-state index in [4.69, 9.17) is 4.74 Å². The maximum absolute atomic E-state index is 12.1. The quantitative estimate of drug-likeness (QED) is 0.510. The van der Waals surface area contributed by atoms with E-state index in [1.54, 1.807) is 35.6 Å². The Labute approximate surface area is 153 Å². The third kappa shape index (κ3) is 6.24. The average Bonchev–Trinajstić information content (AvgIpc) is 2.96. The number of nitrogens with zero attached hydrogens (tertiary/aromatic N) is 4. The maximum atomic E-state index is 12.1. The van der Waals surface area contributed by atoms with Crippen LogP contribution in [0.15, 0.2) is 41.4 Å². The molecule has 140 valence electrons. The molecule has 0 fully saturated rings. The number of pyridine rings is 1. The van der Waals surface area contributed by atoms with Crippen LogP contribution in [0.3, 0.4) is 0 Å². The van der Waals surface area contributed by atoms with Crippen molar-refractivity contribution in [3.05, 3.63) is 41.8 Å². The van der Waals surface area contributed by atoms with Crippen LogP contribution in [0.4, 0.5) is 0 Å². The van der Waals surface area contributed by atoms with E-state index in [1.165, 1.54) is 16.9 Å². The molecule has 2 N–H and O–H groups in total. The van der Waals surface area contributed by atoms with Crippen molar-refractivity contribution in [2.24, 2.45) is 7.05 Å². The molecule has 8 nitrogen and oxygen atoms in total. The minimum atomic E-state index is -1.23. The molecule has 0 spiro atoms. The Bertz CT molecular complexity index is 745. The van der Waals surface area contributed by atoms with Gasteiger partial charge in [-0.1, -0.05) is 0 Å². The fourth-order valence-electron chi connectivity index (χ4n) is 1.88. The highest BCUT2D eigenvalue weighted by atomic mass is 32.2. The second kappa shape index (κ2) is 11.7. The van der Waals surface area contributed by atoms with Crippen LogP contribution in [0.2, 0.25) is 0 Å². The average molecular weight is 389 g/mol. The minimum absolute atomic E-state index is 0. The van der Waals surface area contributed by atoms with Crippen LogP contribution in [-0.2, 0) is 29.3 Å². The molecule has 0 aromatic carbocycles. The van der Waals surface area contributed by atoms with Crippen LogP contribution in [-0.4, -0.2) is 53.9 Å². The van der Waals surface area contributed by atoms with E-state index >= 15 is 0 Å². The van der Waals surface area contributed by atoms with Gasteiger partial charge >= 0.3 is 0 Å². The second-order valence-electron chi connectivity index (χ2n) is 4.57. The highest BCUT2D eigenvalue weighted by Gasteiger charge is 2.13. The van der Waals surface area contributed by atoms with Gasteiger partial charge in [0.1, 0.15) is 6.73 Å². The van der Waals surface area contributed by atoms with Crippen LogP contribution in [0.5, 0.6) is 0 Å². The number of aromatic nitrogens is 4. The zero-order valence-electron chi connectivity index (χ0n) is 14.6. The summed E-state index contributed by atoms with van der Waals surface area (Å²) in [5.41, 5.74) is 0.459. The molecule has 0 bridgehead atoms. The number of hydrogen-bond donors (Lipinski definition) is 0. The Morgan fingerprint density at radius 1 is 1.36 bits per heavy atom. The van der Waals surface area contributed by atoms with E-state index in [1.807, 2.05) is 6.26 Å². The van der Waals surface area contributed by atoms with Gasteiger partial charge in [0.2, 0.25) is 5.16 Å². The Balaban J connectivity index is 0.00000185. The molecule has 25 heavy (non-hydrogen) atoms. The molecule has 2 aromatic heterocycles. The third-order valence-electron chi connectivity index (χ3n) is 3.01. The predicted octanol–water partition coefficient (Wildman–Crippen LogP) is 0.696. The van der Waals surface area contributed by atoms with Gasteiger partial charge in [-0.25, -0.2) is 0 Å². The lowest BCUT2D eigenvalue weighted by molar-refractivity contribution is 0.0875. The Morgan fingerprint density at radius 3 is 2.56 bits per heavy atom. The van der Waals surface area contributed by atoms with Crippen LogP contribution >= 0.6 is 11.8 Å². The number of ether oxygens (including phenoxy) is 1. The second-order valence-corrected chi connectivity index (χ2v) is 6.83. The van der Waals surface area contributed by atoms with Crippen LogP contribution in [0.25, 0.3) is 11.4 Å². The lowest BCUT2D eigenvalue weighted by Gasteiger charge is -2.08. The van der Waals surface area contributed by atoms with Gasteiger partial charge in [-0.15, -0.1) is 23.4 Å². The Hall–Kier alpha value is -1.75. The van der Waals surface area contributed by atoms with E-state index in [0.29, 0.717) is 23.2 Å². The van der Waals surface area contributed by atoms with Crippen molar-refractivity contribution >= 4 is 22.6 Å². The summed E-state index contributed by atoms with van der Waals surface area (Å²) in [4.78, 5) is 12.1. The number of thioether (sulfide) groups is 1. The van der Waals surface area contributed by atoms with Gasteiger partial charge in [0, 0.05) is 36.9 Å². The molecule has 0 saturated heterocycles. The van der Waals surface area contributed by atoms with Crippen molar-refractivity contribution < 1.29 is 14.4 Å². The Kier molecular flexibility index (Phi) is 10.9. The first-order valence-corrected chi connectivity index (χ1v) is 10.00. The zero-order chi connectivity index (χ0) is 18.1. The SMILES string of the molecule is C=C.CSCCOCn1ccc(-c2nnc(S(C)=O)n2C)cc1=O.O. The summed E-state index contributed by atoms with van der Waals surface area (Å²) in [7, 11) is 0.500. The van der Waals surface area contributed by atoms with E-state index < -0.39 is 10.8 Å². The van der Waals surface area contributed by atoms with Crippen LogP contribution in [0, 0.1) is 0 Å². The smallest absolute Gasteiger partial charge is 0.253 e. The highest BCUT2D eigenvalue weighted by Crippen LogP contribution is 2.16. The van der Waals surface area contributed by atoms with E-state index in [-0.39, 0.29) is 17.8 Å². The van der Waals surface area contributed by atoms with Crippen molar-refractivity contribution in [1.29, 1.82) is 0 Å². The molecule has 0 aliphatic heterocycles. The van der Waals surface area contributed by atoms with Gasteiger partial charge in [-0.2, -0.15) is 11.8 Å². The minimum Gasteiger partial charge on any atom is -0.412 e. The normalized spacial score (nSPS) is 11.2. The van der Waals surface area contributed by atoms with E-state index in [9.17, 15) is 9.00 Å². The summed E-state index contributed by atoms with van der Waals surface area (Å²) in [6, 6.07) is 3.25. The van der Waals surface area contributed by atoms with Crippen molar-refractivity contribution in [3.8, 4) is 11.4 Å². The first kappa shape index (κ1) is 23.2. The van der Waals surface area contributed by atoms with E-state index in [0.717, 1.165) is 5.75 Å². The van der Waals surface area contributed by atoms with Crippen LogP contribution < -0.4 is 5.56 Å². The number of rotatable bonds is 7. The fourth-order valence-corrected chi connectivity index (χ4v) is 2.79. The maximum Gasteiger partial charge on any atom is 0.253 e. The van der Waals surface area contributed by atoms with Crippen LogP contribution in [0.1, 0.15) is 0 Å². The first-order valence-electron chi connectivity index (χ1n) is 7.05. The largest absolute Gasteiger partial charge is 0.412 e. The molecule has 0 radical (unpaired) electrons. The summed E-state index contributed by atoms with van der Waals surface area (Å²) in [6.45, 7) is 6.83. The number of hydrogen-bond acceptors (Lipinski definition) is 6. The zero-order valence-corrected chi connectivity index (χ0v) is 16.2. The molecule has 1 atom stereocenters. The predicted molar refractivity (Wildman–Crippen MR) is 102 cm³/mol. The molecule has 2 rings (SSSR count). The molecule has 0 amide bonds. The van der Waals surface area contributed by atoms with Gasteiger partial charge in [0.05, 0.1) is 17.4 Å². The highest BCUT2D eigenvalue weighted by molar-refractivity contribution is 7.98. The summed E-state index contributed by atoms with van der Waals surface area (Å²) in [5, 5.41) is 8.27. The molecule has 0 aliphatic carbocycles. The van der Waals surface area contributed by atoms with E-state index in [2.05, 4.69) is 23.4 Å². The van der Waals surface area contributed by atoms with Gasteiger partial charge < -0.3 is 14.8 Å². The molecule has 2 aromatic rings. The summed E-state index contributed by atoms with van der Waals surface area (Å²) < 4.78 is 20.0. The van der Waals surface area contributed by atoms with Gasteiger partial charge in [-0.05, 0) is 12.3 Å². The van der Waals surface area contributed by atoms with Crippen molar-refractivity contribution in [3.63, 3.8) is 0 Å². The Morgan fingerprint density at radius 2 is 2.04 bits per heavy atom. The van der Waals surface area contributed by atoms with Gasteiger partial charge in [-0.3, -0.25) is 13.6 Å². The fraction of sp³-hybridized carbons (Fsp3) is 0.400. The standard InChI is InChI=1S/C13H18N4O3S2.C2H4.H2O/c1-16-12(14-15-13(16)22(3)19)10-4-5-17(11(18)8-10)9-20-6-7-21-2;1-2;/h4-5,8H,6-7,9H2,1-3H3;1-2H2;1H2. The summed E-state index contributed by atoms with van der Waals surface area (Å²) in [5.74, 6) is 1.40. The van der Waals surface area contributed by atoms with Gasteiger partial charge in [0.25, 0.3) is 5.56 Å². The first-order chi connectivity index (χ1) is 11.5. The third-order valence-corrected chi connectivity index (χ3v) is 4.45. The molecule has 0 saturated carbocycles. The monoisotopic (exact) mass is 388 g/mol.